The Balaban J connectivity index is 1.68. The van der Waals surface area contributed by atoms with E-state index in [9.17, 15) is 9.18 Å². The predicted octanol–water partition coefficient (Wildman–Crippen LogP) is 4.57. The lowest BCUT2D eigenvalue weighted by molar-refractivity contribution is 0.102. The molecule has 0 unspecified atom stereocenters. The highest BCUT2D eigenvalue weighted by atomic mass is 35.5. The van der Waals surface area contributed by atoms with Gasteiger partial charge in [0, 0.05) is 23.1 Å². The van der Waals surface area contributed by atoms with Gasteiger partial charge in [-0.2, -0.15) is 5.10 Å². The molecule has 0 aliphatic heterocycles. The number of hydrogen-bond donors (Lipinski definition) is 3. The second kappa shape index (κ2) is 7.37. The minimum atomic E-state index is -0.530. The molecule has 0 saturated heterocycles. The fourth-order valence-electron chi connectivity index (χ4n) is 1.91. The largest absolute Gasteiger partial charge is 0.326 e. The summed E-state index contributed by atoms with van der Waals surface area (Å²) >= 11 is 7.09. The van der Waals surface area contributed by atoms with Crippen molar-refractivity contribution in [3.8, 4) is 0 Å². The van der Waals surface area contributed by atoms with Crippen molar-refractivity contribution in [3.63, 3.8) is 0 Å². The predicted molar refractivity (Wildman–Crippen MR) is 93.9 cm³/mol. The van der Waals surface area contributed by atoms with E-state index in [0.29, 0.717) is 11.3 Å². The van der Waals surface area contributed by atoms with Crippen LogP contribution in [-0.4, -0.2) is 16.1 Å². The number of carbonyl (C=O) groups is 1. The quantitative estimate of drug-likeness (QED) is 0.581. The molecule has 2 aromatic carbocycles. The number of nitrogens with one attached hydrogen (secondary N) is 3. The molecule has 0 fully saturated rings. The molecule has 0 radical (unpaired) electrons. The van der Waals surface area contributed by atoms with Crippen molar-refractivity contribution in [3.05, 3.63) is 71.3 Å². The molecule has 3 rings (SSSR count). The van der Waals surface area contributed by atoms with Gasteiger partial charge in [-0.05, 0) is 48.3 Å². The van der Waals surface area contributed by atoms with Crippen molar-refractivity contribution in [1.82, 2.24) is 10.2 Å². The normalized spacial score (nSPS) is 10.4. The maximum absolute atomic E-state index is 13.2. The second-order valence-electron chi connectivity index (χ2n) is 4.80. The molecule has 8 heteroatoms. The molecule has 0 saturated carbocycles. The SMILES string of the molecule is O=C(Nc1ccc(F)c(Cl)c1)c1cccc(NSc2cn[nH]c2)c1. The maximum Gasteiger partial charge on any atom is 0.255 e. The average Bonchev–Trinajstić information content (AvgIpc) is 3.10. The Kier molecular flexibility index (Phi) is 5.02. The van der Waals surface area contributed by atoms with Gasteiger partial charge < -0.3 is 10.0 Å². The van der Waals surface area contributed by atoms with E-state index in [0.717, 1.165) is 10.6 Å². The van der Waals surface area contributed by atoms with E-state index in [1.807, 2.05) is 6.07 Å². The van der Waals surface area contributed by atoms with Crippen LogP contribution in [-0.2, 0) is 0 Å². The van der Waals surface area contributed by atoms with Crippen LogP contribution in [0.3, 0.4) is 0 Å². The molecular weight excluding hydrogens is 351 g/mol. The van der Waals surface area contributed by atoms with Crippen molar-refractivity contribution in [2.75, 3.05) is 10.0 Å². The molecule has 3 aromatic rings. The standard InChI is InChI=1S/C16H12ClFN4OS/c17-14-7-11(4-5-15(14)18)21-16(23)10-2-1-3-12(6-10)22-24-13-8-19-20-9-13/h1-9,22H,(H,19,20)(H,21,23). The summed E-state index contributed by atoms with van der Waals surface area (Å²) in [6.45, 7) is 0. The van der Waals surface area contributed by atoms with Gasteiger partial charge in [-0.25, -0.2) is 4.39 Å². The minimum Gasteiger partial charge on any atom is -0.326 e. The van der Waals surface area contributed by atoms with Crippen LogP contribution < -0.4 is 10.0 Å². The molecule has 24 heavy (non-hydrogen) atoms. The molecule has 0 spiro atoms. The van der Waals surface area contributed by atoms with Crippen molar-refractivity contribution >= 4 is 40.8 Å². The molecule has 5 nitrogen and oxygen atoms in total. The van der Waals surface area contributed by atoms with Crippen LogP contribution in [0.5, 0.6) is 0 Å². The summed E-state index contributed by atoms with van der Waals surface area (Å²) in [7, 11) is 0. The fourth-order valence-corrected chi connectivity index (χ4v) is 2.67. The van der Waals surface area contributed by atoms with E-state index in [1.165, 1.54) is 30.1 Å². The molecule has 1 aromatic heterocycles. The lowest BCUT2D eigenvalue weighted by Crippen LogP contribution is -2.12. The van der Waals surface area contributed by atoms with Crippen LogP contribution in [0.1, 0.15) is 10.4 Å². The van der Waals surface area contributed by atoms with Gasteiger partial charge in [-0.15, -0.1) is 0 Å². The summed E-state index contributed by atoms with van der Waals surface area (Å²) in [5, 5.41) is 9.21. The Labute approximate surface area is 146 Å². The lowest BCUT2D eigenvalue weighted by Gasteiger charge is -2.08. The Morgan fingerprint density at radius 2 is 2.08 bits per heavy atom. The Morgan fingerprint density at radius 1 is 1.21 bits per heavy atom. The fraction of sp³-hybridized carbons (Fsp3) is 0. The smallest absolute Gasteiger partial charge is 0.255 e. The number of aromatic nitrogens is 2. The summed E-state index contributed by atoms with van der Waals surface area (Å²) in [6, 6.07) is 11.0. The van der Waals surface area contributed by atoms with Gasteiger partial charge in [0.2, 0.25) is 0 Å². The van der Waals surface area contributed by atoms with Gasteiger partial charge in [-0.1, -0.05) is 17.7 Å². The van der Waals surface area contributed by atoms with E-state index < -0.39 is 5.82 Å². The van der Waals surface area contributed by atoms with Crippen LogP contribution in [0.4, 0.5) is 15.8 Å². The minimum absolute atomic E-state index is 0.0419. The van der Waals surface area contributed by atoms with Crippen molar-refractivity contribution in [1.29, 1.82) is 0 Å². The maximum atomic E-state index is 13.2. The Morgan fingerprint density at radius 3 is 2.83 bits per heavy atom. The summed E-state index contributed by atoms with van der Waals surface area (Å²) in [5.74, 6) is -0.841. The highest BCUT2D eigenvalue weighted by Crippen LogP contribution is 2.22. The van der Waals surface area contributed by atoms with Crippen LogP contribution in [0.25, 0.3) is 0 Å². The molecule has 0 aliphatic rings. The third-order valence-corrected chi connectivity index (χ3v) is 4.15. The zero-order chi connectivity index (χ0) is 16.9. The third-order valence-electron chi connectivity index (χ3n) is 3.06. The number of amides is 1. The Hall–Kier alpha value is -2.51. The van der Waals surface area contributed by atoms with E-state index in [4.69, 9.17) is 11.6 Å². The van der Waals surface area contributed by atoms with Gasteiger partial charge in [0.05, 0.1) is 16.1 Å². The number of anilines is 2. The topological polar surface area (TPSA) is 69.8 Å². The average molecular weight is 363 g/mol. The molecule has 122 valence electrons. The summed E-state index contributed by atoms with van der Waals surface area (Å²) < 4.78 is 16.3. The number of benzene rings is 2. The van der Waals surface area contributed by atoms with Gasteiger partial charge in [0.15, 0.2) is 0 Å². The zero-order valence-electron chi connectivity index (χ0n) is 12.2. The monoisotopic (exact) mass is 362 g/mol. The van der Waals surface area contributed by atoms with Crippen molar-refractivity contribution in [2.24, 2.45) is 0 Å². The number of H-pyrrole nitrogens is 1. The first-order valence-corrected chi connectivity index (χ1v) is 8.09. The molecule has 0 atom stereocenters. The molecule has 1 amide bonds. The zero-order valence-corrected chi connectivity index (χ0v) is 13.8. The first-order valence-electron chi connectivity index (χ1n) is 6.90. The number of carbonyl (C=O) groups excluding carboxylic acids is 1. The molecule has 0 bridgehead atoms. The van der Waals surface area contributed by atoms with Gasteiger partial charge >= 0.3 is 0 Å². The highest BCUT2D eigenvalue weighted by Gasteiger charge is 2.09. The van der Waals surface area contributed by atoms with Crippen molar-refractivity contribution < 1.29 is 9.18 Å². The lowest BCUT2D eigenvalue weighted by atomic mass is 10.2. The number of halogens is 2. The van der Waals surface area contributed by atoms with Gasteiger partial charge in [-0.3, -0.25) is 9.89 Å². The van der Waals surface area contributed by atoms with Gasteiger partial charge in [0.25, 0.3) is 5.91 Å². The summed E-state index contributed by atoms with van der Waals surface area (Å²) in [6.07, 6.45) is 3.44. The number of nitrogens with zero attached hydrogens (tertiary/aromatic N) is 1. The first-order chi connectivity index (χ1) is 11.6. The molecule has 3 N–H and O–H groups in total. The first kappa shape index (κ1) is 16.4. The summed E-state index contributed by atoms with van der Waals surface area (Å²) in [4.78, 5) is 13.2. The van der Waals surface area contributed by atoms with E-state index in [1.54, 1.807) is 30.6 Å². The van der Waals surface area contributed by atoms with Gasteiger partial charge in [0.1, 0.15) is 5.82 Å². The number of rotatable bonds is 5. The summed E-state index contributed by atoms with van der Waals surface area (Å²) in [5.41, 5.74) is 1.66. The van der Waals surface area contributed by atoms with Crippen molar-refractivity contribution in [2.45, 2.75) is 4.90 Å². The van der Waals surface area contributed by atoms with Crippen LogP contribution in [0.15, 0.2) is 59.8 Å². The molecule has 0 aliphatic carbocycles. The second-order valence-corrected chi connectivity index (χ2v) is 6.09. The molecular formula is C16H12ClFN4OS. The van der Waals surface area contributed by atoms with E-state index in [-0.39, 0.29) is 10.9 Å². The van der Waals surface area contributed by atoms with Crippen LogP contribution >= 0.6 is 23.5 Å². The van der Waals surface area contributed by atoms with E-state index in [2.05, 4.69) is 20.2 Å². The molecule has 1 heterocycles. The van der Waals surface area contributed by atoms with E-state index >= 15 is 0 Å². The van der Waals surface area contributed by atoms with Crippen LogP contribution in [0, 0.1) is 5.82 Å². The number of hydrogen-bond acceptors (Lipinski definition) is 4. The highest BCUT2D eigenvalue weighted by molar-refractivity contribution is 8.00. The Bertz CT molecular complexity index is 857. The van der Waals surface area contributed by atoms with Crippen LogP contribution in [0.2, 0.25) is 5.02 Å². The number of aromatic amines is 1. The third kappa shape index (κ3) is 4.06.